The Morgan fingerprint density at radius 3 is 2.56 bits per heavy atom. The number of hydrogen-bond donors (Lipinski definition) is 1. The van der Waals surface area contributed by atoms with Crippen molar-refractivity contribution in [2.75, 3.05) is 5.32 Å². The van der Waals surface area contributed by atoms with Gasteiger partial charge in [-0.05, 0) is 31.2 Å². The molecular weight excluding hydrogens is 441 g/mol. The Kier molecular flexibility index (Phi) is 5.67. The highest BCUT2D eigenvalue weighted by Gasteiger charge is 2.18. The first-order valence-corrected chi connectivity index (χ1v) is 10.6. The summed E-state index contributed by atoms with van der Waals surface area (Å²) in [5.41, 5.74) is 2.54. The zero-order chi connectivity index (χ0) is 23.7. The lowest BCUT2D eigenvalue weighted by molar-refractivity contribution is 0.574. The fraction of sp³-hybridized carbons (Fsp3) is 0.120. The minimum atomic E-state index is -0.637. The third-order valence-corrected chi connectivity index (χ3v) is 5.33. The van der Waals surface area contributed by atoms with Crippen molar-refractivity contribution in [3.8, 4) is 11.5 Å². The Labute approximate surface area is 193 Å². The van der Waals surface area contributed by atoms with Crippen molar-refractivity contribution in [3.63, 3.8) is 0 Å². The summed E-state index contributed by atoms with van der Waals surface area (Å²) in [6.07, 6.45) is 1.65. The predicted molar refractivity (Wildman–Crippen MR) is 122 cm³/mol. The van der Waals surface area contributed by atoms with Gasteiger partial charge in [0.15, 0.2) is 11.5 Å². The van der Waals surface area contributed by atoms with Gasteiger partial charge in [0, 0.05) is 41.7 Å². The van der Waals surface area contributed by atoms with E-state index < -0.39 is 11.6 Å². The second-order valence-corrected chi connectivity index (χ2v) is 7.78. The van der Waals surface area contributed by atoms with Crippen LogP contribution in [0, 0.1) is 24.4 Å². The Morgan fingerprint density at radius 1 is 0.882 bits per heavy atom. The van der Waals surface area contributed by atoms with E-state index in [4.69, 9.17) is 0 Å². The van der Waals surface area contributed by atoms with Gasteiger partial charge in [0.25, 0.3) is 0 Å². The second-order valence-electron chi connectivity index (χ2n) is 7.78. The van der Waals surface area contributed by atoms with Gasteiger partial charge in [-0.15, -0.1) is 0 Å². The smallest absolute Gasteiger partial charge is 0.183 e. The second kappa shape index (κ2) is 8.93. The number of aromatic nitrogens is 5. The van der Waals surface area contributed by atoms with Gasteiger partial charge in [0.1, 0.15) is 29.0 Å². The number of nitrogens with one attached hydrogen (secondary N) is 1. The minimum Gasteiger partial charge on any atom is -0.366 e. The molecule has 0 aliphatic heterocycles. The molecule has 3 heterocycles. The molecule has 34 heavy (non-hydrogen) atoms. The highest BCUT2D eigenvalue weighted by atomic mass is 19.1. The number of hydrogen-bond acceptors (Lipinski definition) is 5. The molecule has 6 nitrogen and oxygen atoms in total. The lowest BCUT2D eigenvalue weighted by atomic mass is 10.2. The molecule has 0 spiro atoms. The molecule has 0 fully saturated rings. The largest absolute Gasteiger partial charge is 0.366 e. The van der Waals surface area contributed by atoms with Crippen LogP contribution >= 0.6 is 0 Å². The summed E-state index contributed by atoms with van der Waals surface area (Å²) in [5, 5.41) is 8.44. The fourth-order valence-corrected chi connectivity index (χ4v) is 3.69. The molecular formula is C25H19F3N6. The highest BCUT2D eigenvalue weighted by molar-refractivity contribution is 5.89. The van der Waals surface area contributed by atoms with E-state index in [2.05, 4.69) is 25.4 Å². The number of fused-ring (bicyclic) bond motifs is 1. The summed E-state index contributed by atoms with van der Waals surface area (Å²) >= 11 is 0. The molecule has 0 radical (unpaired) electrons. The zero-order valence-corrected chi connectivity index (χ0v) is 18.1. The lowest BCUT2D eigenvalue weighted by Crippen LogP contribution is -2.06. The quantitative estimate of drug-likeness (QED) is 0.374. The van der Waals surface area contributed by atoms with E-state index in [0.717, 1.165) is 11.5 Å². The minimum absolute atomic E-state index is 0.117. The SMILES string of the molecule is Cc1cc(NCc2ccc(F)cc2F)nc(-c2nn(Cc3ccccc3F)c3ncccc23)n1. The molecule has 9 heteroatoms. The number of nitrogens with zero attached hydrogens (tertiary/aromatic N) is 5. The van der Waals surface area contributed by atoms with E-state index in [0.29, 0.717) is 39.8 Å². The third-order valence-electron chi connectivity index (χ3n) is 5.33. The molecule has 0 saturated carbocycles. The monoisotopic (exact) mass is 460 g/mol. The highest BCUT2D eigenvalue weighted by Crippen LogP contribution is 2.26. The maximum absolute atomic E-state index is 14.2. The number of rotatable bonds is 6. The molecule has 5 rings (SSSR count). The van der Waals surface area contributed by atoms with Crippen LogP contribution in [0.3, 0.4) is 0 Å². The van der Waals surface area contributed by atoms with Gasteiger partial charge in [0.05, 0.1) is 11.9 Å². The molecule has 3 aromatic heterocycles. The number of halogens is 3. The Bertz CT molecular complexity index is 1500. The maximum atomic E-state index is 14.2. The van der Waals surface area contributed by atoms with Crippen LogP contribution in [-0.4, -0.2) is 24.7 Å². The Morgan fingerprint density at radius 2 is 1.74 bits per heavy atom. The summed E-state index contributed by atoms with van der Waals surface area (Å²) in [4.78, 5) is 13.5. The van der Waals surface area contributed by atoms with Gasteiger partial charge in [-0.25, -0.2) is 32.8 Å². The van der Waals surface area contributed by atoms with E-state index in [-0.39, 0.29) is 18.9 Å². The van der Waals surface area contributed by atoms with Crippen LogP contribution in [0.25, 0.3) is 22.6 Å². The molecule has 1 N–H and O–H groups in total. The van der Waals surface area contributed by atoms with Crippen molar-refractivity contribution in [1.29, 1.82) is 0 Å². The normalized spacial score (nSPS) is 11.2. The first-order valence-electron chi connectivity index (χ1n) is 10.6. The number of aryl methyl sites for hydroxylation is 1. The first-order chi connectivity index (χ1) is 16.5. The topological polar surface area (TPSA) is 68.5 Å². The number of anilines is 1. The fourth-order valence-electron chi connectivity index (χ4n) is 3.69. The molecule has 0 saturated heterocycles. The molecule has 5 aromatic rings. The molecule has 0 unspecified atom stereocenters. The Hall–Kier alpha value is -4.27. The first kappa shape index (κ1) is 21.6. The van der Waals surface area contributed by atoms with Crippen LogP contribution < -0.4 is 5.32 Å². The average molecular weight is 460 g/mol. The van der Waals surface area contributed by atoms with Crippen molar-refractivity contribution in [2.24, 2.45) is 0 Å². The van der Waals surface area contributed by atoms with Crippen molar-refractivity contribution in [2.45, 2.75) is 20.0 Å². The van der Waals surface area contributed by atoms with Crippen molar-refractivity contribution in [1.82, 2.24) is 24.7 Å². The lowest BCUT2D eigenvalue weighted by Gasteiger charge is -2.09. The van der Waals surface area contributed by atoms with Crippen LogP contribution in [0.5, 0.6) is 0 Å². The van der Waals surface area contributed by atoms with Crippen LogP contribution in [0.2, 0.25) is 0 Å². The summed E-state index contributed by atoms with van der Waals surface area (Å²) in [6.45, 7) is 2.12. The van der Waals surface area contributed by atoms with Crippen LogP contribution in [0.4, 0.5) is 19.0 Å². The van der Waals surface area contributed by atoms with E-state index >= 15 is 0 Å². The number of pyridine rings is 1. The van der Waals surface area contributed by atoms with Gasteiger partial charge in [-0.3, -0.25) is 0 Å². The molecule has 0 aliphatic rings. The third kappa shape index (κ3) is 4.32. The van der Waals surface area contributed by atoms with Gasteiger partial charge in [-0.2, -0.15) is 5.10 Å². The molecule has 0 atom stereocenters. The van der Waals surface area contributed by atoms with Crippen LogP contribution in [-0.2, 0) is 13.1 Å². The molecule has 0 aliphatic carbocycles. The van der Waals surface area contributed by atoms with E-state index in [1.54, 1.807) is 41.2 Å². The van der Waals surface area contributed by atoms with E-state index in [9.17, 15) is 13.2 Å². The van der Waals surface area contributed by atoms with Crippen LogP contribution in [0.1, 0.15) is 16.8 Å². The molecule has 0 bridgehead atoms. The van der Waals surface area contributed by atoms with Gasteiger partial charge < -0.3 is 5.32 Å². The summed E-state index contributed by atoms with van der Waals surface area (Å²) in [6, 6.07) is 15.3. The van der Waals surface area contributed by atoms with Gasteiger partial charge in [0.2, 0.25) is 0 Å². The van der Waals surface area contributed by atoms with Gasteiger partial charge >= 0.3 is 0 Å². The predicted octanol–water partition coefficient (Wildman–Crippen LogP) is 5.27. The maximum Gasteiger partial charge on any atom is 0.183 e. The molecule has 2 aromatic carbocycles. The van der Waals surface area contributed by atoms with Crippen molar-refractivity contribution >= 4 is 16.9 Å². The summed E-state index contributed by atoms with van der Waals surface area (Å²) < 4.78 is 43.0. The summed E-state index contributed by atoms with van der Waals surface area (Å²) in [7, 11) is 0. The molecule has 0 amide bonds. The average Bonchev–Trinajstić information content (AvgIpc) is 3.18. The Balaban J connectivity index is 1.50. The zero-order valence-electron chi connectivity index (χ0n) is 18.1. The van der Waals surface area contributed by atoms with Crippen LogP contribution in [0.15, 0.2) is 66.9 Å². The van der Waals surface area contributed by atoms with Crippen molar-refractivity contribution < 1.29 is 13.2 Å². The van der Waals surface area contributed by atoms with Gasteiger partial charge in [-0.1, -0.05) is 24.3 Å². The summed E-state index contributed by atoms with van der Waals surface area (Å²) in [5.74, 6) is -0.774. The number of benzene rings is 2. The standard InChI is InChI=1S/C25H19F3N6/c1-15-11-22(30-13-16-8-9-18(26)12-21(16)28)32-24(31-15)23-19-6-4-10-29-25(19)34(33-23)14-17-5-2-3-7-20(17)27/h2-12H,13-14H2,1H3,(H,30,31,32). The van der Waals surface area contributed by atoms with Crippen molar-refractivity contribution in [3.05, 3.63) is 101 Å². The molecule has 170 valence electrons. The van der Waals surface area contributed by atoms with E-state index in [1.165, 1.54) is 18.2 Å². The van der Waals surface area contributed by atoms with E-state index in [1.807, 2.05) is 13.0 Å².